The van der Waals surface area contributed by atoms with E-state index in [-0.39, 0.29) is 29.7 Å². The normalized spacial score (nSPS) is 13.0. The van der Waals surface area contributed by atoms with Gasteiger partial charge in [0.2, 0.25) is 5.88 Å². The molecule has 0 fully saturated rings. The lowest BCUT2D eigenvalue weighted by Crippen LogP contribution is -2.29. The van der Waals surface area contributed by atoms with Crippen LogP contribution < -0.4 is 15.0 Å². The van der Waals surface area contributed by atoms with Crippen molar-refractivity contribution in [1.29, 1.82) is 5.26 Å². The highest BCUT2D eigenvalue weighted by Crippen LogP contribution is 2.35. The molecule has 3 heterocycles. The lowest BCUT2D eigenvalue weighted by atomic mass is 9.87. The number of nitrogens with one attached hydrogen (secondary N) is 1. The molecule has 0 unspecified atom stereocenters. The summed E-state index contributed by atoms with van der Waals surface area (Å²) in [5, 5.41) is 26.0. The molecule has 1 aliphatic rings. The molecule has 3 aromatic rings. The lowest BCUT2D eigenvalue weighted by Gasteiger charge is -2.24. The van der Waals surface area contributed by atoms with Crippen LogP contribution >= 0.6 is 0 Å². The minimum atomic E-state index is -0.761. The van der Waals surface area contributed by atoms with Gasteiger partial charge in [0.25, 0.3) is 11.8 Å². The second-order valence-corrected chi connectivity index (χ2v) is 10.3. The zero-order valence-corrected chi connectivity index (χ0v) is 21.6. The van der Waals surface area contributed by atoms with Crippen molar-refractivity contribution >= 4 is 17.6 Å². The molecule has 0 saturated heterocycles. The van der Waals surface area contributed by atoms with E-state index in [1.165, 1.54) is 11.1 Å². The van der Waals surface area contributed by atoms with E-state index in [1.54, 1.807) is 12.3 Å². The average Bonchev–Trinajstić information content (AvgIpc) is 3.49. The highest BCUT2D eigenvalue weighted by atomic mass is 16.5. The summed E-state index contributed by atoms with van der Waals surface area (Å²) in [4.78, 5) is 21.7. The number of nitrogens with zero attached hydrogens (tertiary/aromatic N) is 5. The number of anilines is 2. The number of carboxylic acid groups (broad SMARTS) is 1. The molecule has 0 amide bonds. The van der Waals surface area contributed by atoms with Gasteiger partial charge < -0.3 is 24.6 Å². The highest BCUT2D eigenvalue weighted by Gasteiger charge is 2.26. The van der Waals surface area contributed by atoms with Gasteiger partial charge in [-0.05, 0) is 60.5 Å². The Morgan fingerprint density at radius 2 is 2.16 bits per heavy atom. The first-order valence-electron chi connectivity index (χ1n) is 12.4. The van der Waals surface area contributed by atoms with Crippen LogP contribution in [0, 0.1) is 16.7 Å². The number of carboxylic acids is 1. The van der Waals surface area contributed by atoms with Crippen LogP contribution in [-0.4, -0.2) is 45.4 Å². The van der Waals surface area contributed by atoms with Gasteiger partial charge in [-0.25, -0.2) is 4.98 Å². The summed E-state index contributed by atoms with van der Waals surface area (Å²) in [5.74, 6) is 0.266. The van der Waals surface area contributed by atoms with Crippen molar-refractivity contribution < 1.29 is 19.2 Å². The first kappa shape index (κ1) is 26.1. The molecule has 0 bridgehead atoms. The SMILES string of the molecule is CC(C)Oc1ncc(-c2nc(N3CCc4cc(CNCC(C)(C)CCC(=O)O)ccc43)no2)cc1C#N. The van der Waals surface area contributed by atoms with Crippen LogP contribution in [0.5, 0.6) is 5.88 Å². The average molecular weight is 505 g/mol. The van der Waals surface area contributed by atoms with E-state index in [2.05, 4.69) is 58.6 Å². The lowest BCUT2D eigenvalue weighted by molar-refractivity contribution is -0.137. The molecule has 10 heteroatoms. The van der Waals surface area contributed by atoms with E-state index in [9.17, 15) is 10.1 Å². The maximum absolute atomic E-state index is 10.9. The highest BCUT2D eigenvalue weighted by molar-refractivity contribution is 5.68. The Morgan fingerprint density at radius 1 is 1.35 bits per heavy atom. The zero-order chi connectivity index (χ0) is 26.6. The summed E-state index contributed by atoms with van der Waals surface area (Å²) in [7, 11) is 0. The van der Waals surface area contributed by atoms with E-state index < -0.39 is 5.97 Å². The van der Waals surface area contributed by atoms with Crippen molar-refractivity contribution in [2.24, 2.45) is 5.41 Å². The van der Waals surface area contributed by atoms with Crippen molar-refractivity contribution in [3.63, 3.8) is 0 Å². The van der Waals surface area contributed by atoms with Crippen LogP contribution in [0.15, 0.2) is 35.0 Å². The van der Waals surface area contributed by atoms with Gasteiger partial charge in [0.15, 0.2) is 0 Å². The predicted molar refractivity (Wildman–Crippen MR) is 138 cm³/mol. The molecule has 194 valence electrons. The number of hydrogen-bond acceptors (Lipinski definition) is 9. The number of nitriles is 1. The topological polar surface area (TPSA) is 137 Å². The van der Waals surface area contributed by atoms with Crippen molar-refractivity contribution in [3.8, 4) is 23.4 Å². The van der Waals surface area contributed by atoms with Gasteiger partial charge >= 0.3 is 5.97 Å². The van der Waals surface area contributed by atoms with E-state index in [0.29, 0.717) is 30.0 Å². The van der Waals surface area contributed by atoms with Gasteiger partial charge in [-0.15, -0.1) is 0 Å². The third-order valence-corrected chi connectivity index (χ3v) is 6.21. The summed E-state index contributed by atoms with van der Waals surface area (Å²) in [6.07, 6.45) is 3.14. The second-order valence-electron chi connectivity index (χ2n) is 10.3. The maximum atomic E-state index is 10.9. The number of rotatable bonds is 11. The summed E-state index contributed by atoms with van der Waals surface area (Å²) in [6.45, 7) is 10.1. The number of benzene rings is 1. The maximum Gasteiger partial charge on any atom is 0.303 e. The molecule has 0 radical (unpaired) electrons. The van der Waals surface area contributed by atoms with E-state index in [0.717, 1.165) is 25.2 Å². The predicted octanol–water partition coefficient (Wildman–Crippen LogP) is 4.47. The van der Waals surface area contributed by atoms with Crippen LogP contribution in [0.4, 0.5) is 11.6 Å². The molecule has 1 aromatic carbocycles. The first-order chi connectivity index (χ1) is 17.6. The zero-order valence-electron chi connectivity index (χ0n) is 21.6. The van der Waals surface area contributed by atoms with E-state index in [1.807, 2.05) is 18.7 Å². The minimum Gasteiger partial charge on any atom is -0.481 e. The number of aliphatic carboxylic acids is 1. The fourth-order valence-electron chi connectivity index (χ4n) is 4.26. The minimum absolute atomic E-state index is 0.0897. The summed E-state index contributed by atoms with van der Waals surface area (Å²) >= 11 is 0. The standard InChI is InChI=1S/C27H32N6O4/c1-17(2)36-24-20(13-28)12-21(15-30-24)25-31-26(32-37-25)33-10-8-19-11-18(5-6-22(19)33)14-29-16-27(3,4)9-7-23(34)35/h5-6,11-12,15,17,29H,7-10,14,16H2,1-4H3,(H,34,35). The van der Waals surface area contributed by atoms with Crippen LogP contribution in [0.3, 0.4) is 0 Å². The molecule has 2 aromatic heterocycles. The van der Waals surface area contributed by atoms with Gasteiger partial charge in [-0.3, -0.25) is 4.79 Å². The Labute approximate surface area is 216 Å². The molecule has 4 rings (SSSR count). The molecule has 10 nitrogen and oxygen atoms in total. The monoisotopic (exact) mass is 504 g/mol. The molecule has 0 atom stereocenters. The van der Waals surface area contributed by atoms with Gasteiger partial charge in [0, 0.05) is 37.9 Å². The number of fused-ring (bicyclic) bond motifs is 1. The summed E-state index contributed by atoms with van der Waals surface area (Å²) in [5.41, 5.74) is 4.19. The van der Waals surface area contributed by atoms with Crippen LogP contribution in [0.1, 0.15) is 57.2 Å². The molecule has 0 saturated carbocycles. The molecular formula is C27H32N6O4. The number of pyridine rings is 1. The van der Waals surface area contributed by atoms with Crippen molar-refractivity contribution in [3.05, 3.63) is 47.2 Å². The van der Waals surface area contributed by atoms with Crippen molar-refractivity contribution in [1.82, 2.24) is 20.4 Å². The summed E-state index contributed by atoms with van der Waals surface area (Å²) < 4.78 is 11.1. The molecule has 37 heavy (non-hydrogen) atoms. The van der Waals surface area contributed by atoms with Crippen molar-refractivity contribution in [2.45, 2.75) is 59.6 Å². The quantitative estimate of drug-likeness (QED) is 0.385. The Kier molecular flexibility index (Phi) is 7.74. The number of hydrogen-bond donors (Lipinski definition) is 2. The second kappa shape index (κ2) is 11.0. The number of carbonyl (C=O) groups is 1. The van der Waals surface area contributed by atoms with Crippen molar-refractivity contribution in [2.75, 3.05) is 18.0 Å². The molecule has 2 N–H and O–H groups in total. The summed E-state index contributed by atoms with van der Waals surface area (Å²) in [6, 6.07) is 10.1. The van der Waals surface area contributed by atoms with Gasteiger partial charge in [-0.2, -0.15) is 10.2 Å². The fraction of sp³-hybridized carbons (Fsp3) is 0.444. The van der Waals surface area contributed by atoms with Gasteiger partial charge in [0.05, 0.1) is 11.7 Å². The van der Waals surface area contributed by atoms with Crippen LogP contribution in [-0.2, 0) is 17.8 Å². The molecule has 0 spiro atoms. The Morgan fingerprint density at radius 3 is 2.89 bits per heavy atom. The fourth-order valence-corrected chi connectivity index (χ4v) is 4.26. The van der Waals surface area contributed by atoms with E-state index in [4.69, 9.17) is 14.4 Å². The number of ether oxygens (including phenoxy) is 1. The molecular weight excluding hydrogens is 472 g/mol. The molecule has 1 aliphatic heterocycles. The third kappa shape index (κ3) is 6.43. The van der Waals surface area contributed by atoms with E-state index >= 15 is 0 Å². The molecule has 0 aliphatic carbocycles. The van der Waals surface area contributed by atoms with Crippen LogP contribution in [0.25, 0.3) is 11.5 Å². The number of aromatic nitrogens is 3. The largest absolute Gasteiger partial charge is 0.481 e. The third-order valence-electron chi connectivity index (χ3n) is 6.21. The Hall–Kier alpha value is -3.97. The first-order valence-corrected chi connectivity index (χ1v) is 12.4. The Balaban J connectivity index is 1.42. The van der Waals surface area contributed by atoms with Gasteiger partial charge in [-0.1, -0.05) is 26.0 Å². The smallest absolute Gasteiger partial charge is 0.303 e. The van der Waals surface area contributed by atoms with Gasteiger partial charge in [0.1, 0.15) is 11.6 Å². The Bertz CT molecular complexity index is 1310. The van der Waals surface area contributed by atoms with Crippen LogP contribution in [0.2, 0.25) is 0 Å².